The zero-order chi connectivity index (χ0) is 14.1. The van der Waals surface area contributed by atoms with Crippen molar-refractivity contribution in [2.45, 2.75) is 38.6 Å². The molecule has 1 N–H and O–H groups in total. The van der Waals surface area contributed by atoms with Crippen LogP contribution in [0.4, 0.5) is 0 Å². The van der Waals surface area contributed by atoms with E-state index in [9.17, 15) is 4.79 Å². The van der Waals surface area contributed by atoms with Gasteiger partial charge in [-0.3, -0.25) is 4.79 Å². The Morgan fingerprint density at radius 1 is 1.53 bits per heavy atom. The molecule has 1 fully saturated rings. The highest BCUT2D eigenvalue weighted by molar-refractivity contribution is 5.82. The first-order valence-electron chi connectivity index (χ1n) is 7.11. The third kappa shape index (κ3) is 5.17. The van der Waals surface area contributed by atoms with Crippen molar-refractivity contribution in [3.8, 4) is 6.07 Å². The van der Waals surface area contributed by atoms with E-state index in [1.807, 2.05) is 0 Å². The first-order valence-corrected chi connectivity index (χ1v) is 7.11. The fourth-order valence-electron chi connectivity index (χ4n) is 2.49. The molecule has 0 aromatic carbocycles. The van der Waals surface area contributed by atoms with Gasteiger partial charge in [-0.15, -0.1) is 0 Å². The summed E-state index contributed by atoms with van der Waals surface area (Å²) in [7, 11) is 1.62. The van der Waals surface area contributed by atoms with E-state index < -0.39 is 0 Å². The van der Waals surface area contributed by atoms with E-state index in [1.165, 1.54) is 0 Å². The maximum absolute atomic E-state index is 12.5. The number of methoxy groups -OCH3 is 1. The summed E-state index contributed by atoms with van der Waals surface area (Å²) in [4.78, 5) is 14.2. The molecule has 108 valence electrons. The summed E-state index contributed by atoms with van der Waals surface area (Å²) in [5.41, 5.74) is 0. The highest BCUT2D eigenvalue weighted by Gasteiger charge is 2.29. The van der Waals surface area contributed by atoms with Crippen LogP contribution in [0.25, 0.3) is 0 Å². The predicted octanol–water partition coefficient (Wildman–Crippen LogP) is 1.15. The van der Waals surface area contributed by atoms with Gasteiger partial charge in [0, 0.05) is 20.2 Å². The van der Waals surface area contributed by atoms with Crippen LogP contribution in [0, 0.1) is 17.2 Å². The van der Waals surface area contributed by atoms with Gasteiger partial charge in [0.25, 0.3) is 0 Å². The fraction of sp³-hybridized carbons (Fsp3) is 0.857. The van der Waals surface area contributed by atoms with Crippen LogP contribution in [0.1, 0.15) is 32.6 Å². The minimum atomic E-state index is -0.0887. The lowest BCUT2D eigenvalue weighted by atomic mass is 9.90. The highest BCUT2D eigenvalue weighted by atomic mass is 16.5. The van der Waals surface area contributed by atoms with E-state index in [0.717, 1.165) is 25.8 Å². The topological polar surface area (TPSA) is 65.4 Å². The second-order valence-electron chi connectivity index (χ2n) is 5.03. The zero-order valence-corrected chi connectivity index (χ0v) is 12.0. The molecule has 1 saturated heterocycles. The van der Waals surface area contributed by atoms with Crippen molar-refractivity contribution in [3.63, 3.8) is 0 Å². The molecular formula is C14H25N3O2. The quantitative estimate of drug-likeness (QED) is 0.751. The number of hydrogen-bond donors (Lipinski definition) is 1. The molecule has 1 rings (SSSR count). The van der Waals surface area contributed by atoms with Crippen LogP contribution in [0.5, 0.6) is 0 Å². The van der Waals surface area contributed by atoms with Crippen molar-refractivity contribution < 1.29 is 9.53 Å². The number of ether oxygens (including phenoxy) is 1. The normalized spacial score (nSPS) is 22.8. The number of amides is 1. The predicted molar refractivity (Wildman–Crippen MR) is 73.5 cm³/mol. The van der Waals surface area contributed by atoms with Gasteiger partial charge in [0.2, 0.25) is 5.91 Å². The van der Waals surface area contributed by atoms with Gasteiger partial charge in [0.05, 0.1) is 25.1 Å². The number of nitrogens with one attached hydrogen (secondary N) is 1. The Morgan fingerprint density at radius 3 is 2.95 bits per heavy atom. The van der Waals surface area contributed by atoms with Crippen molar-refractivity contribution in [1.82, 2.24) is 10.2 Å². The largest absolute Gasteiger partial charge is 0.383 e. The van der Waals surface area contributed by atoms with Gasteiger partial charge < -0.3 is 15.0 Å². The fourth-order valence-corrected chi connectivity index (χ4v) is 2.49. The Hall–Kier alpha value is -1.12. The Balaban J connectivity index is 2.55. The first kappa shape index (κ1) is 15.9. The average molecular weight is 267 g/mol. The minimum Gasteiger partial charge on any atom is -0.383 e. The summed E-state index contributed by atoms with van der Waals surface area (Å²) >= 11 is 0. The van der Waals surface area contributed by atoms with E-state index in [-0.39, 0.29) is 11.9 Å². The molecule has 0 aromatic heterocycles. The molecule has 1 amide bonds. The van der Waals surface area contributed by atoms with Gasteiger partial charge in [-0.05, 0) is 25.3 Å². The third-order valence-electron chi connectivity index (χ3n) is 3.76. The molecule has 0 spiro atoms. The Morgan fingerprint density at radius 2 is 2.32 bits per heavy atom. The average Bonchev–Trinajstić information content (AvgIpc) is 2.47. The molecule has 1 heterocycles. The second-order valence-corrected chi connectivity index (χ2v) is 5.03. The molecule has 0 saturated carbocycles. The van der Waals surface area contributed by atoms with Crippen LogP contribution < -0.4 is 5.32 Å². The van der Waals surface area contributed by atoms with Crippen molar-refractivity contribution in [2.24, 2.45) is 5.92 Å². The van der Waals surface area contributed by atoms with Crippen LogP contribution in [0.15, 0.2) is 0 Å². The Kier molecular flexibility index (Phi) is 7.46. The van der Waals surface area contributed by atoms with Gasteiger partial charge in [-0.25, -0.2) is 0 Å². The van der Waals surface area contributed by atoms with Crippen molar-refractivity contribution in [2.75, 3.05) is 33.4 Å². The van der Waals surface area contributed by atoms with Gasteiger partial charge in [0.15, 0.2) is 0 Å². The number of nitriles is 1. The lowest BCUT2D eigenvalue weighted by molar-refractivity contribution is -0.135. The summed E-state index contributed by atoms with van der Waals surface area (Å²) < 4.78 is 5.03. The lowest BCUT2D eigenvalue weighted by Gasteiger charge is -2.33. The number of carbonyl (C=O) groups is 1. The van der Waals surface area contributed by atoms with Crippen LogP contribution in [0.2, 0.25) is 0 Å². The Bertz CT molecular complexity index is 314. The van der Waals surface area contributed by atoms with E-state index in [1.54, 1.807) is 12.0 Å². The maximum atomic E-state index is 12.5. The SMILES string of the molecule is CCC1CCNC(C(=O)N(CCC#N)CCOC)C1. The van der Waals surface area contributed by atoms with Crippen molar-refractivity contribution >= 4 is 5.91 Å². The number of piperidine rings is 1. The third-order valence-corrected chi connectivity index (χ3v) is 3.76. The van der Waals surface area contributed by atoms with E-state index in [4.69, 9.17) is 10.00 Å². The van der Waals surface area contributed by atoms with E-state index >= 15 is 0 Å². The van der Waals surface area contributed by atoms with E-state index in [2.05, 4.69) is 18.3 Å². The second kappa shape index (κ2) is 8.89. The van der Waals surface area contributed by atoms with Crippen molar-refractivity contribution in [3.05, 3.63) is 0 Å². The summed E-state index contributed by atoms with van der Waals surface area (Å²) in [5.74, 6) is 0.751. The van der Waals surface area contributed by atoms with Crippen LogP contribution in [-0.4, -0.2) is 50.2 Å². The molecule has 2 atom stereocenters. The van der Waals surface area contributed by atoms with E-state index in [0.29, 0.717) is 32.0 Å². The molecule has 0 aromatic rings. The zero-order valence-electron chi connectivity index (χ0n) is 12.0. The molecule has 0 radical (unpaired) electrons. The number of nitrogens with zero attached hydrogens (tertiary/aromatic N) is 2. The molecular weight excluding hydrogens is 242 g/mol. The monoisotopic (exact) mass is 267 g/mol. The molecule has 0 bridgehead atoms. The molecule has 2 unspecified atom stereocenters. The van der Waals surface area contributed by atoms with Crippen molar-refractivity contribution in [1.29, 1.82) is 5.26 Å². The molecule has 19 heavy (non-hydrogen) atoms. The van der Waals surface area contributed by atoms with Crippen LogP contribution >= 0.6 is 0 Å². The Labute approximate surface area is 115 Å². The highest BCUT2D eigenvalue weighted by Crippen LogP contribution is 2.20. The minimum absolute atomic E-state index is 0.0887. The van der Waals surface area contributed by atoms with Gasteiger partial charge in [-0.1, -0.05) is 13.3 Å². The van der Waals surface area contributed by atoms with Gasteiger partial charge >= 0.3 is 0 Å². The summed E-state index contributed by atoms with van der Waals surface area (Å²) in [5, 5.41) is 12.0. The van der Waals surface area contributed by atoms with Crippen LogP contribution in [0.3, 0.4) is 0 Å². The van der Waals surface area contributed by atoms with Gasteiger partial charge in [-0.2, -0.15) is 5.26 Å². The van der Waals surface area contributed by atoms with Gasteiger partial charge in [0.1, 0.15) is 0 Å². The maximum Gasteiger partial charge on any atom is 0.239 e. The first-order chi connectivity index (χ1) is 9.22. The molecule has 5 nitrogen and oxygen atoms in total. The summed E-state index contributed by atoms with van der Waals surface area (Å²) in [6, 6.07) is 2.01. The molecule has 1 aliphatic heterocycles. The summed E-state index contributed by atoms with van der Waals surface area (Å²) in [6.07, 6.45) is 3.56. The number of carbonyl (C=O) groups excluding carboxylic acids is 1. The lowest BCUT2D eigenvalue weighted by Crippen LogP contribution is -2.51. The van der Waals surface area contributed by atoms with Crippen LogP contribution in [-0.2, 0) is 9.53 Å². The standard InChI is InChI=1S/C14H25N3O2/c1-3-12-5-7-16-13(11-12)14(18)17(8-4-6-15)9-10-19-2/h12-13,16H,3-5,7-11H2,1-2H3. The number of rotatable bonds is 7. The molecule has 1 aliphatic rings. The number of hydrogen-bond acceptors (Lipinski definition) is 4. The smallest absolute Gasteiger partial charge is 0.239 e. The molecule has 5 heteroatoms. The summed E-state index contributed by atoms with van der Waals surface area (Å²) in [6.45, 7) is 4.65. The molecule has 0 aliphatic carbocycles.